The van der Waals surface area contributed by atoms with Crippen LogP contribution in [0.25, 0.3) is 11.4 Å². The van der Waals surface area contributed by atoms with Crippen LogP contribution >= 0.6 is 0 Å². The Bertz CT molecular complexity index is 1080. The summed E-state index contributed by atoms with van der Waals surface area (Å²) in [5.74, 6) is 0.982. The molecular weight excluding hydrogens is 450 g/mol. The molecule has 3 amide bonds. The maximum atomic E-state index is 12.9. The highest BCUT2D eigenvalue weighted by molar-refractivity contribution is 5.91. The number of fused-ring (bicyclic) bond motifs is 4. The number of hydrogen-bond donors (Lipinski definition) is 2. The van der Waals surface area contributed by atoms with Gasteiger partial charge < -0.3 is 29.6 Å². The van der Waals surface area contributed by atoms with E-state index >= 15 is 0 Å². The second-order valence-corrected chi connectivity index (χ2v) is 9.27. The molecule has 1 atom stereocenters. The Hall–Kier alpha value is -3.56. The van der Waals surface area contributed by atoms with E-state index in [4.69, 9.17) is 9.47 Å². The first kappa shape index (κ1) is 24.6. The minimum absolute atomic E-state index is 0.0437. The van der Waals surface area contributed by atoms with Crippen LogP contribution in [0.4, 0.5) is 0 Å². The molecule has 1 aliphatic heterocycles. The Morgan fingerprint density at radius 1 is 1.23 bits per heavy atom. The summed E-state index contributed by atoms with van der Waals surface area (Å²) < 4.78 is 13.4. The SMILES string of the molecule is COc1ccc2cc1OCCN(C(=O)C1CC1)CC(=O)N[C@H](C(C)C)C(=O)NCCn1ccnc1-2. The molecule has 1 fully saturated rings. The first-order valence-electron chi connectivity index (χ1n) is 12.1. The number of benzene rings is 1. The first-order valence-corrected chi connectivity index (χ1v) is 12.1. The summed E-state index contributed by atoms with van der Waals surface area (Å²) in [4.78, 5) is 44.6. The van der Waals surface area contributed by atoms with Crippen LogP contribution in [-0.2, 0) is 20.9 Å². The third kappa shape index (κ3) is 5.93. The van der Waals surface area contributed by atoms with E-state index in [0.29, 0.717) is 24.6 Å². The number of carbonyl (C=O) groups excluding carboxylic acids is 3. The maximum Gasteiger partial charge on any atom is 0.242 e. The molecule has 0 spiro atoms. The number of methoxy groups -OCH3 is 1. The molecule has 2 N–H and O–H groups in total. The number of nitrogens with one attached hydrogen (secondary N) is 2. The van der Waals surface area contributed by atoms with Crippen LogP contribution in [0.15, 0.2) is 30.6 Å². The lowest BCUT2D eigenvalue weighted by molar-refractivity contribution is -0.138. The van der Waals surface area contributed by atoms with Crippen molar-refractivity contribution < 1.29 is 23.9 Å². The largest absolute Gasteiger partial charge is 0.493 e. The Labute approximate surface area is 205 Å². The third-order valence-corrected chi connectivity index (χ3v) is 6.25. The van der Waals surface area contributed by atoms with Crippen molar-refractivity contribution in [2.75, 3.05) is 33.4 Å². The normalized spacial score (nSPS) is 19.8. The van der Waals surface area contributed by atoms with Crippen LogP contribution in [0.1, 0.15) is 26.7 Å². The van der Waals surface area contributed by atoms with Gasteiger partial charge in [0.2, 0.25) is 17.7 Å². The lowest BCUT2D eigenvalue weighted by Gasteiger charge is -2.26. The smallest absolute Gasteiger partial charge is 0.242 e. The Kier molecular flexibility index (Phi) is 7.57. The Morgan fingerprint density at radius 2 is 2.03 bits per heavy atom. The van der Waals surface area contributed by atoms with Gasteiger partial charge >= 0.3 is 0 Å². The molecule has 35 heavy (non-hydrogen) atoms. The summed E-state index contributed by atoms with van der Waals surface area (Å²) in [5.41, 5.74) is 0.837. The number of amides is 3. The topological polar surface area (TPSA) is 115 Å². The number of rotatable bonds is 3. The average molecular weight is 484 g/mol. The highest BCUT2D eigenvalue weighted by Crippen LogP contribution is 2.33. The molecule has 2 heterocycles. The lowest BCUT2D eigenvalue weighted by Crippen LogP contribution is -2.53. The monoisotopic (exact) mass is 483 g/mol. The zero-order valence-corrected chi connectivity index (χ0v) is 20.5. The Morgan fingerprint density at radius 3 is 2.74 bits per heavy atom. The summed E-state index contributed by atoms with van der Waals surface area (Å²) in [6.45, 7) is 4.93. The van der Waals surface area contributed by atoms with Crippen LogP contribution in [0.3, 0.4) is 0 Å². The minimum atomic E-state index is -0.700. The molecule has 0 unspecified atom stereocenters. The van der Waals surface area contributed by atoms with Gasteiger partial charge in [0.05, 0.1) is 20.2 Å². The summed E-state index contributed by atoms with van der Waals surface area (Å²) in [6.07, 6.45) is 5.22. The van der Waals surface area contributed by atoms with Gasteiger partial charge in [0, 0.05) is 37.0 Å². The highest BCUT2D eigenvalue weighted by atomic mass is 16.5. The van der Waals surface area contributed by atoms with Gasteiger partial charge in [-0.25, -0.2) is 4.98 Å². The molecular formula is C25H33N5O5. The molecule has 2 aliphatic rings. The predicted molar refractivity (Wildman–Crippen MR) is 129 cm³/mol. The van der Waals surface area contributed by atoms with Crippen molar-refractivity contribution in [2.24, 2.45) is 11.8 Å². The van der Waals surface area contributed by atoms with Gasteiger partial charge in [0.25, 0.3) is 0 Å². The van der Waals surface area contributed by atoms with Gasteiger partial charge in [-0.2, -0.15) is 0 Å². The van der Waals surface area contributed by atoms with E-state index in [1.165, 1.54) is 4.90 Å². The van der Waals surface area contributed by atoms with Gasteiger partial charge in [-0.05, 0) is 37.0 Å². The van der Waals surface area contributed by atoms with E-state index in [-0.39, 0.29) is 49.3 Å². The number of nitrogens with zero attached hydrogens (tertiary/aromatic N) is 3. The standard InChI is InChI=1S/C25H33N5O5/c1-16(2)22-24(32)27-9-11-29-10-8-26-23(29)18-6-7-19(34-3)20(14-18)35-13-12-30(15-21(31)28-22)25(33)17-4-5-17/h6-8,10,14,16-17,22H,4-5,9,11-13,15H2,1-3H3,(H,27,32)(H,28,31)/t22-/m1/s1. The molecule has 2 aromatic rings. The lowest BCUT2D eigenvalue weighted by atomic mass is 10.0. The van der Waals surface area contributed by atoms with E-state index in [2.05, 4.69) is 15.6 Å². The van der Waals surface area contributed by atoms with Crippen LogP contribution in [-0.4, -0.2) is 71.6 Å². The Balaban J connectivity index is 1.63. The van der Waals surface area contributed by atoms with E-state index in [0.717, 1.165) is 24.2 Å². The van der Waals surface area contributed by atoms with Crippen LogP contribution < -0.4 is 20.1 Å². The van der Waals surface area contributed by atoms with Crippen LogP contribution in [0.5, 0.6) is 11.5 Å². The second kappa shape index (κ2) is 10.8. The van der Waals surface area contributed by atoms with Crippen molar-refractivity contribution in [1.82, 2.24) is 25.1 Å². The molecule has 10 nitrogen and oxygen atoms in total. The molecule has 2 bridgehead atoms. The average Bonchev–Trinajstić information content (AvgIpc) is 3.58. The fourth-order valence-corrected chi connectivity index (χ4v) is 4.14. The second-order valence-electron chi connectivity index (χ2n) is 9.27. The van der Waals surface area contributed by atoms with Crippen LogP contribution in [0, 0.1) is 11.8 Å². The summed E-state index contributed by atoms with van der Waals surface area (Å²) in [7, 11) is 1.57. The summed E-state index contributed by atoms with van der Waals surface area (Å²) in [5, 5.41) is 5.74. The van der Waals surface area contributed by atoms with Crippen LogP contribution in [0.2, 0.25) is 0 Å². The molecule has 10 heteroatoms. The molecule has 4 rings (SSSR count). The predicted octanol–water partition coefficient (Wildman–Crippen LogP) is 1.45. The van der Waals surface area contributed by atoms with Crippen molar-refractivity contribution in [2.45, 2.75) is 39.3 Å². The van der Waals surface area contributed by atoms with Gasteiger partial charge in [-0.15, -0.1) is 0 Å². The molecule has 1 aromatic carbocycles. The number of hydrogen-bond acceptors (Lipinski definition) is 6. The van der Waals surface area contributed by atoms with Gasteiger partial charge in [-0.1, -0.05) is 13.8 Å². The zero-order chi connectivity index (χ0) is 24.9. The number of carbonyl (C=O) groups is 3. The van der Waals surface area contributed by atoms with Gasteiger partial charge in [-0.3, -0.25) is 14.4 Å². The first-order chi connectivity index (χ1) is 16.9. The van der Waals surface area contributed by atoms with Crippen molar-refractivity contribution in [3.8, 4) is 22.9 Å². The fraction of sp³-hybridized carbons (Fsp3) is 0.520. The quantitative estimate of drug-likeness (QED) is 0.683. The fourth-order valence-electron chi connectivity index (χ4n) is 4.14. The molecule has 188 valence electrons. The van der Waals surface area contributed by atoms with Crippen molar-refractivity contribution in [1.29, 1.82) is 0 Å². The number of imidazole rings is 1. The van der Waals surface area contributed by atoms with E-state index in [9.17, 15) is 14.4 Å². The molecule has 1 aliphatic carbocycles. The van der Waals surface area contributed by atoms with E-state index < -0.39 is 6.04 Å². The molecule has 1 saturated carbocycles. The van der Waals surface area contributed by atoms with E-state index in [1.54, 1.807) is 13.3 Å². The van der Waals surface area contributed by atoms with Gasteiger partial charge in [0.1, 0.15) is 18.5 Å². The highest BCUT2D eigenvalue weighted by Gasteiger charge is 2.35. The summed E-state index contributed by atoms with van der Waals surface area (Å²) in [6, 6.07) is 4.86. The molecule has 0 radical (unpaired) electrons. The summed E-state index contributed by atoms with van der Waals surface area (Å²) >= 11 is 0. The van der Waals surface area contributed by atoms with Crippen molar-refractivity contribution in [3.05, 3.63) is 30.6 Å². The number of ether oxygens (including phenoxy) is 2. The molecule has 0 saturated heterocycles. The maximum absolute atomic E-state index is 12.9. The van der Waals surface area contributed by atoms with Crippen molar-refractivity contribution in [3.63, 3.8) is 0 Å². The minimum Gasteiger partial charge on any atom is -0.493 e. The third-order valence-electron chi connectivity index (χ3n) is 6.25. The van der Waals surface area contributed by atoms with Gasteiger partial charge in [0.15, 0.2) is 11.5 Å². The van der Waals surface area contributed by atoms with E-state index in [1.807, 2.05) is 42.8 Å². The zero-order valence-electron chi connectivity index (χ0n) is 20.5. The van der Waals surface area contributed by atoms with Crippen molar-refractivity contribution >= 4 is 17.7 Å². The molecule has 1 aromatic heterocycles. The number of aromatic nitrogens is 2.